The summed E-state index contributed by atoms with van der Waals surface area (Å²) in [5.41, 5.74) is 10.1. The van der Waals surface area contributed by atoms with Gasteiger partial charge >= 0.3 is 0 Å². The lowest BCUT2D eigenvalue weighted by Crippen LogP contribution is -2.23. The van der Waals surface area contributed by atoms with Gasteiger partial charge < -0.3 is 20.0 Å². The number of benzene rings is 5. The van der Waals surface area contributed by atoms with E-state index in [4.69, 9.17) is 0 Å². The summed E-state index contributed by atoms with van der Waals surface area (Å²) >= 11 is 0. The molecule has 90 heavy (non-hydrogen) atoms. The summed E-state index contributed by atoms with van der Waals surface area (Å²) in [4.78, 5) is 8.00. The number of likely N-dealkylation sites (tertiary alicyclic amines) is 1. The molecule has 1 heterocycles. The molecule has 12 nitrogen and oxygen atoms in total. The Balaban J connectivity index is 0.000000384. The summed E-state index contributed by atoms with van der Waals surface area (Å²) in [6, 6.07) is 40.2. The lowest BCUT2D eigenvalue weighted by atomic mass is 9.78. The molecule has 1 aliphatic rings. The van der Waals surface area contributed by atoms with E-state index in [2.05, 4.69) is 240 Å². The maximum Gasteiger partial charge on any atom is 0.242 e. The van der Waals surface area contributed by atoms with Crippen molar-refractivity contribution in [3.63, 3.8) is 0 Å². The molecule has 2 N–H and O–H groups in total. The minimum Gasteiger partial charge on any atom is -0.381 e. The van der Waals surface area contributed by atoms with Gasteiger partial charge in [0.1, 0.15) is 0 Å². The van der Waals surface area contributed by atoms with Gasteiger partial charge in [-0.1, -0.05) is 199 Å². The van der Waals surface area contributed by atoms with Crippen LogP contribution >= 0.6 is 0 Å². The van der Waals surface area contributed by atoms with E-state index < -0.39 is 29.9 Å². The molecule has 0 bridgehead atoms. The van der Waals surface area contributed by atoms with Gasteiger partial charge in [0, 0.05) is 57.9 Å². The van der Waals surface area contributed by atoms with Crippen molar-refractivity contribution < 1.29 is 25.3 Å². The standard InChI is InChI=1S/C18H32N2.C17H28N2.C14H23NO2S.C13H21NO2S.C13H20O2S/c1-15(18(2,3)4)16-9-11-17(12-10-16)20(7)14-8-13-19(5)6;1-13(17(2,3)4)14-6-8-15(9-7-14)18-16-10-11-19(5)12-16;1-11(14(2,3)4)12-7-9-13(10-8-12)18(16,17)15(5)6;1-10(13(2,3)4)11-6-8-12(9-7-11)17(15,16)14-5;1-10(13(2,3)4)11-6-8-12(9-7-11)16(5,14)15/h9-12,15H,8,13-14H2,1-7H3;6-9,13,16,18H,10-12H2,1-5H3;7-11H,1-6H3;6-10,14H,1-5H3;6-10H,1-5H3/t15-;13-,16?;11-;2*10-/m11111/s1. The molecule has 1 aliphatic heterocycles. The van der Waals surface area contributed by atoms with Crippen LogP contribution in [0.25, 0.3) is 0 Å². The van der Waals surface area contributed by atoms with Crippen molar-refractivity contribution in [3.8, 4) is 0 Å². The third-order valence-electron chi connectivity index (χ3n) is 18.5. The summed E-state index contributed by atoms with van der Waals surface area (Å²) in [6.45, 7) is 49.2. The van der Waals surface area contributed by atoms with Crippen molar-refractivity contribution in [2.75, 3.05) is 92.0 Å². The largest absolute Gasteiger partial charge is 0.381 e. The third-order valence-corrected chi connectivity index (χ3v) is 22.9. The average Bonchev–Trinajstić information content (AvgIpc) is 1.07. The maximum atomic E-state index is 11.9. The van der Waals surface area contributed by atoms with E-state index in [1.165, 1.54) is 70.6 Å². The van der Waals surface area contributed by atoms with E-state index in [0.717, 1.165) is 25.2 Å². The number of hydrogen-bond acceptors (Lipinski definition) is 10. The lowest BCUT2D eigenvalue weighted by Gasteiger charge is -2.28. The molecule has 0 aromatic heterocycles. The number of nitrogens with one attached hydrogen (secondary N) is 2. The average molecular weight is 1300 g/mol. The highest BCUT2D eigenvalue weighted by molar-refractivity contribution is 7.90. The molecule has 0 spiro atoms. The first-order valence-electron chi connectivity index (χ1n) is 32.3. The molecule has 5 aromatic carbocycles. The number of likely N-dealkylation sites (N-methyl/N-ethyl adjacent to an activating group) is 1. The number of sulfonamides is 2. The SMILES string of the molecule is CNS(=O)(=O)c1ccc([C@@H](C)C(C)(C)C)cc1.C[C@H](c1ccc(N(C)CCCN(C)C)cc1)C(C)(C)C.C[C@H](c1ccc(NC2CCN(C)C2)cc1)C(C)(C)C.C[C@H](c1ccc(S(=O)(=O)N(C)C)cc1)C(C)(C)C.C[C@H](c1ccc(S(C)(=O)=O)cc1)C(C)(C)C. The van der Waals surface area contributed by atoms with Crippen LogP contribution in [0, 0.1) is 27.1 Å². The van der Waals surface area contributed by atoms with Gasteiger partial charge in [-0.05, 0) is 199 Å². The molecule has 5 aromatic rings. The first kappa shape index (κ1) is 81.5. The fourth-order valence-corrected chi connectivity index (χ4v) is 11.9. The summed E-state index contributed by atoms with van der Waals surface area (Å²) in [5.74, 6) is 2.33. The van der Waals surface area contributed by atoms with Gasteiger partial charge in [-0.25, -0.2) is 34.3 Å². The number of hydrogen-bond donors (Lipinski definition) is 2. The summed E-state index contributed by atoms with van der Waals surface area (Å²) < 4.78 is 73.2. The second kappa shape index (κ2) is 34.0. The highest BCUT2D eigenvalue weighted by atomic mass is 32.2. The van der Waals surface area contributed by atoms with E-state index in [-0.39, 0.29) is 16.2 Å². The fourth-order valence-electron chi connectivity index (χ4n) is 9.62. The second-order valence-corrected chi connectivity index (χ2v) is 37.2. The molecule has 0 aliphatic carbocycles. The molecule has 6 atom stereocenters. The van der Waals surface area contributed by atoms with Crippen LogP contribution in [-0.2, 0) is 29.9 Å². The van der Waals surface area contributed by atoms with E-state index in [9.17, 15) is 25.3 Å². The van der Waals surface area contributed by atoms with Crippen molar-refractivity contribution in [2.24, 2.45) is 27.1 Å². The summed E-state index contributed by atoms with van der Waals surface area (Å²) in [5, 5.41) is 3.63. The molecule has 15 heteroatoms. The monoisotopic (exact) mass is 1300 g/mol. The van der Waals surface area contributed by atoms with Crippen molar-refractivity contribution in [1.29, 1.82) is 0 Å². The Morgan fingerprint density at radius 3 is 1.06 bits per heavy atom. The Hall–Kier alpha value is -4.61. The van der Waals surface area contributed by atoms with E-state index in [0.29, 0.717) is 61.1 Å². The number of nitrogens with zero attached hydrogens (tertiary/aromatic N) is 4. The quantitative estimate of drug-likeness (QED) is 0.0925. The van der Waals surface area contributed by atoms with Crippen LogP contribution < -0.4 is 14.9 Å². The molecule has 1 unspecified atom stereocenters. The molecular formula is C75H124N6O6S3. The van der Waals surface area contributed by atoms with Crippen LogP contribution in [0.3, 0.4) is 0 Å². The zero-order valence-electron chi connectivity index (χ0n) is 61.2. The summed E-state index contributed by atoms with van der Waals surface area (Å²) in [7, 11) is 3.40. The second-order valence-electron chi connectivity index (χ2n) is 31.1. The topological polar surface area (TPSA) is 139 Å². The van der Waals surface area contributed by atoms with Gasteiger partial charge in [-0.3, -0.25) is 0 Å². The lowest BCUT2D eigenvalue weighted by molar-refractivity contribution is 0.339. The first-order chi connectivity index (χ1) is 40.9. The fraction of sp³-hybridized carbons (Fsp3) is 0.600. The minimum atomic E-state index is -3.33. The van der Waals surface area contributed by atoms with Gasteiger partial charge in [0.25, 0.3) is 0 Å². The summed E-state index contributed by atoms with van der Waals surface area (Å²) in [6.07, 6.45) is 3.68. The van der Waals surface area contributed by atoms with E-state index in [1.54, 1.807) is 50.5 Å². The van der Waals surface area contributed by atoms with Gasteiger partial charge in [0.05, 0.1) is 14.7 Å². The minimum absolute atomic E-state index is 0.169. The molecule has 6 rings (SSSR count). The Bertz CT molecular complexity index is 3240. The molecule has 1 fully saturated rings. The van der Waals surface area contributed by atoms with Crippen LogP contribution in [0.4, 0.5) is 11.4 Å². The Morgan fingerprint density at radius 1 is 0.467 bits per heavy atom. The van der Waals surface area contributed by atoms with Crippen LogP contribution in [0.1, 0.15) is 209 Å². The van der Waals surface area contributed by atoms with Gasteiger partial charge in [0.15, 0.2) is 9.84 Å². The predicted octanol–water partition coefficient (Wildman–Crippen LogP) is 17.2. The molecule has 0 saturated carbocycles. The maximum absolute atomic E-state index is 11.9. The number of anilines is 2. The van der Waals surface area contributed by atoms with Gasteiger partial charge in [0.2, 0.25) is 20.0 Å². The number of rotatable bonds is 17. The molecule has 508 valence electrons. The highest BCUT2D eigenvalue weighted by Gasteiger charge is 2.27. The van der Waals surface area contributed by atoms with Crippen LogP contribution in [-0.4, -0.2) is 127 Å². The highest BCUT2D eigenvalue weighted by Crippen LogP contribution is 2.39. The van der Waals surface area contributed by atoms with Crippen molar-refractivity contribution in [2.45, 2.75) is 202 Å². The Kier molecular flexibility index (Phi) is 30.8. The third kappa shape index (κ3) is 26.8. The Labute approximate surface area is 551 Å². The molecule has 1 saturated heterocycles. The van der Waals surface area contributed by atoms with Crippen LogP contribution in [0.15, 0.2) is 136 Å². The normalized spacial score (nSPS) is 16.1. The predicted molar refractivity (Wildman–Crippen MR) is 388 cm³/mol. The Morgan fingerprint density at radius 2 is 0.778 bits per heavy atom. The number of sulfone groups is 1. The zero-order valence-corrected chi connectivity index (χ0v) is 63.7. The molecule has 0 amide bonds. The van der Waals surface area contributed by atoms with Gasteiger partial charge in [-0.2, -0.15) is 0 Å². The van der Waals surface area contributed by atoms with Gasteiger partial charge in [-0.15, -0.1) is 0 Å². The van der Waals surface area contributed by atoms with E-state index >= 15 is 0 Å². The zero-order chi connectivity index (χ0) is 69.3. The van der Waals surface area contributed by atoms with E-state index in [1.807, 2.05) is 36.4 Å². The van der Waals surface area contributed by atoms with Crippen LogP contribution in [0.2, 0.25) is 0 Å². The molecular weight excluding hydrogens is 1180 g/mol. The first-order valence-corrected chi connectivity index (χ1v) is 37.1. The van der Waals surface area contributed by atoms with Crippen molar-refractivity contribution >= 4 is 41.3 Å². The van der Waals surface area contributed by atoms with Crippen molar-refractivity contribution in [3.05, 3.63) is 149 Å². The van der Waals surface area contributed by atoms with Crippen LogP contribution in [0.5, 0.6) is 0 Å². The molecule has 0 radical (unpaired) electrons. The smallest absolute Gasteiger partial charge is 0.242 e. The van der Waals surface area contributed by atoms with Crippen molar-refractivity contribution in [1.82, 2.24) is 18.8 Å².